The van der Waals surface area contributed by atoms with E-state index >= 15 is 0 Å². The molecular formula is C17H14FNO3. The monoisotopic (exact) mass is 299 g/mol. The Hall–Kier alpha value is -2.53. The molecule has 22 heavy (non-hydrogen) atoms. The maximum Gasteiger partial charge on any atom is 0.263 e. The number of nitrogens with zero attached hydrogens (tertiary/aromatic N) is 1. The van der Waals surface area contributed by atoms with Crippen molar-refractivity contribution >= 4 is 17.4 Å². The van der Waals surface area contributed by atoms with E-state index in [0.29, 0.717) is 11.3 Å². The molecule has 2 aromatic rings. The lowest BCUT2D eigenvalue weighted by Crippen LogP contribution is -2.40. The van der Waals surface area contributed by atoms with Crippen molar-refractivity contribution in [3.63, 3.8) is 0 Å². The minimum Gasteiger partial charge on any atom is -0.375 e. The van der Waals surface area contributed by atoms with E-state index in [4.69, 9.17) is 0 Å². The second-order valence-corrected chi connectivity index (χ2v) is 5.35. The van der Waals surface area contributed by atoms with E-state index in [1.54, 1.807) is 31.3 Å². The number of fused-ring (bicyclic) bond motifs is 1. The summed E-state index contributed by atoms with van der Waals surface area (Å²) < 4.78 is 12.9. The number of ketones is 1. The van der Waals surface area contributed by atoms with Gasteiger partial charge in [0.1, 0.15) is 5.82 Å². The third-order valence-corrected chi connectivity index (χ3v) is 3.95. The number of hydrogen-bond donors (Lipinski definition) is 1. The predicted molar refractivity (Wildman–Crippen MR) is 79.1 cm³/mol. The van der Waals surface area contributed by atoms with Gasteiger partial charge in [-0.2, -0.15) is 0 Å². The first kappa shape index (κ1) is 14.4. The Kier molecular flexibility index (Phi) is 3.30. The Balaban J connectivity index is 1.95. The summed E-state index contributed by atoms with van der Waals surface area (Å²) in [7, 11) is 1.56. The molecule has 1 N–H and O–H groups in total. The van der Waals surface area contributed by atoms with Crippen molar-refractivity contribution in [1.29, 1.82) is 0 Å². The van der Waals surface area contributed by atoms with Gasteiger partial charge in [0.05, 0.1) is 12.1 Å². The molecule has 3 rings (SSSR count). The Labute approximate surface area is 126 Å². The summed E-state index contributed by atoms with van der Waals surface area (Å²) in [6, 6.07) is 11.9. The van der Waals surface area contributed by atoms with Crippen LogP contribution < -0.4 is 4.90 Å². The van der Waals surface area contributed by atoms with E-state index in [9.17, 15) is 19.1 Å². The fraction of sp³-hybridized carbons (Fsp3) is 0.176. The number of Topliss-reactive ketones (excluding diaryl/α,β-unsaturated/α-hetero) is 1. The first-order chi connectivity index (χ1) is 10.4. The van der Waals surface area contributed by atoms with Gasteiger partial charge in [0.2, 0.25) is 0 Å². The van der Waals surface area contributed by atoms with Gasteiger partial charge in [-0.3, -0.25) is 9.59 Å². The van der Waals surface area contributed by atoms with Gasteiger partial charge in [-0.1, -0.05) is 18.2 Å². The molecule has 0 saturated carbocycles. The van der Waals surface area contributed by atoms with Crippen LogP contribution in [-0.4, -0.2) is 23.8 Å². The molecule has 0 aromatic heterocycles. The van der Waals surface area contributed by atoms with Gasteiger partial charge in [-0.05, 0) is 30.3 Å². The number of carbonyl (C=O) groups excluding carboxylic acids is 2. The van der Waals surface area contributed by atoms with Crippen LogP contribution >= 0.6 is 0 Å². The molecule has 1 aliphatic rings. The van der Waals surface area contributed by atoms with E-state index in [-0.39, 0.29) is 12.0 Å². The molecule has 0 fully saturated rings. The summed E-state index contributed by atoms with van der Waals surface area (Å²) >= 11 is 0. The summed E-state index contributed by atoms with van der Waals surface area (Å²) in [5.74, 6) is -1.40. The Morgan fingerprint density at radius 1 is 1.18 bits per heavy atom. The molecule has 2 aromatic carbocycles. The molecule has 5 heteroatoms. The fourth-order valence-electron chi connectivity index (χ4n) is 2.76. The summed E-state index contributed by atoms with van der Waals surface area (Å²) in [5.41, 5.74) is -0.619. The van der Waals surface area contributed by atoms with Crippen LogP contribution in [0.4, 0.5) is 10.1 Å². The second kappa shape index (κ2) is 5.03. The molecule has 0 saturated heterocycles. The molecule has 1 atom stereocenters. The summed E-state index contributed by atoms with van der Waals surface area (Å²) in [5, 5.41) is 10.8. The van der Waals surface area contributed by atoms with Gasteiger partial charge in [0.15, 0.2) is 11.4 Å². The molecule has 1 heterocycles. The number of hydrogen-bond acceptors (Lipinski definition) is 3. The third-order valence-electron chi connectivity index (χ3n) is 3.95. The van der Waals surface area contributed by atoms with Crippen molar-refractivity contribution in [2.75, 3.05) is 11.9 Å². The summed E-state index contributed by atoms with van der Waals surface area (Å²) in [4.78, 5) is 26.0. The van der Waals surface area contributed by atoms with E-state index in [0.717, 1.165) is 0 Å². The number of aliphatic hydroxyl groups is 1. The van der Waals surface area contributed by atoms with Crippen molar-refractivity contribution in [1.82, 2.24) is 0 Å². The van der Waals surface area contributed by atoms with Gasteiger partial charge in [-0.15, -0.1) is 0 Å². The SMILES string of the molecule is CN1C(=O)[C@](O)(CC(=O)c2ccc(F)cc2)c2ccccc21. The number of rotatable bonds is 3. The summed E-state index contributed by atoms with van der Waals surface area (Å²) in [6.07, 6.45) is -0.376. The van der Waals surface area contributed by atoms with Gasteiger partial charge in [-0.25, -0.2) is 4.39 Å². The van der Waals surface area contributed by atoms with Crippen molar-refractivity contribution < 1.29 is 19.1 Å². The molecule has 0 spiro atoms. The highest BCUT2D eigenvalue weighted by Gasteiger charge is 2.49. The van der Waals surface area contributed by atoms with E-state index in [2.05, 4.69) is 0 Å². The number of para-hydroxylation sites is 1. The highest BCUT2D eigenvalue weighted by molar-refractivity contribution is 6.10. The smallest absolute Gasteiger partial charge is 0.263 e. The van der Waals surface area contributed by atoms with Gasteiger partial charge < -0.3 is 10.0 Å². The topological polar surface area (TPSA) is 57.6 Å². The minimum atomic E-state index is -1.88. The molecule has 112 valence electrons. The molecule has 0 unspecified atom stereocenters. The van der Waals surface area contributed by atoms with Crippen LogP contribution in [0.15, 0.2) is 48.5 Å². The van der Waals surface area contributed by atoms with Crippen LogP contribution in [0, 0.1) is 5.82 Å². The standard InChI is InChI=1S/C17H14FNO3/c1-19-14-5-3-2-4-13(14)17(22,16(19)21)10-15(20)11-6-8-12(18)9-7-11/h2-9,22H,10H2,1H3/t17-/m0/s1. The van der Waals surface area contributed by atoms with Crippen molar-refractivity contribution in [2.24, 2.45) is 0 Å². The van der Waals surface area contributed by atoms with E-state index in [1.165, 1.54) is 29.2 Å². The largest absolute Gasteiger partial charge is 0.375 e. The zero-order chi connectivity index (χ0) is 15.9. The Morgan fingerprint density at radius 3 is 2.50 bits per heavy atom. The normalized spacial score (nSPS) is 20.1. The maximum atomic E-state index is 12.9. The number of amides is 1. The average Bonchev–Trinajstić information content (AvgIpc) is 2.70. The number of benzene rings is 2. The maximum absolute atomic E-state index is 12.9. The quantitative estimate of drug-likeness (QED) is 0.885. The van der Waals surface area contributed by atoms with Crippen LogP contribution in [0.3, 0.4) is 0 Å². The number of anilines is 1. The highest BCUT2D eigenvalue weighted by atomic mass is 19.1. The lowest BCUT2D eigenvalue weighted by molar-refractivity contribution is -0.135. The van der Waals surface area contributed by atoms with Crippen molar-refractivity contribution in [3.8, 4) is 0 Å². The van der Waals surface area contributed by atoms with Crippen molar-refractivity contribution in [2.45, 2.75) is 12.0 Å². The summed E-state index contributed by atoms with van der Waals surface area (Å²) in [6.45, 7) is 0. The van der Waals surface area contributed by atoms with Crippen LogP contribution in [0.5, 0.6) is 0 Å². The minimum absolute atomic E-state index is 0.259. The van der Waals surface area contributed by atoms with E-state index < -0.39 is 23.1 Å². The van der Waals surface area contributed by atoms with Gasteiger partial charge in [0, 0.05) is 18.2 Å². The zero-order valence-electron chi connectivity index (χ0n) is 11.9. The first-order valence-electron chi connectivity index (χ1n) is 6.82. The van der Waals surface area contributed by atoms with Crippen LogP contribution in [0.25, 0.3) is 0 Å². The highest BCUT2D eigenvalue weighted by Crippen LogP contribution is 2.41. The first-order valence-corrected chi connectivity index (χ1v) is 6.82. The number of carbonyl (C=O) groups is 2. The Morgan fingerprint density at radius 2 is 1.82 bits per heavy atom. The van der Waals surface area contributed by atoms with Crippen molar-refractivity contribution in [3.05, 3.63) is 65.5 Å². The second-order valence-electron chi connectivity index (χ2n) is 5.35. The fourth-order valence-corrected chi connectivity index (χ4v) is 2.76. The molecule has 4 nitrogen and oxygen atoms in total. The lowest BCUT2D eigenvalue weighted by atomic mass is 9.88. The van der Waals surface area contributed by atoms with Crippen LogP contribution in [0.1, 0.15) is 22.3 Å². The van der Waals surface area contributed by atoms with E-state index in [1.807, 2.05) is 0 Å². The average molecular weight is 299 g/mol. The molecule has 0 radical (unpaired) electrons. The zero-order valence-corrected chi connectivity index (χ0v) is 11.9. The Bertz CT molecular complexity index is 757. The lowest BCUT2D eigenvalue weighted by Gasteiger charge is -2.21. The number of halogens is 1. The van der Waals surface area contributed by atoms with Gasteiger partial charge >= 0.3 is 0 Å². The molecular weight excluding hydrogens is 285 g/mol. The van der Waals surface area contributed by atoms with Crippen LogP contribution in [-0.2, 0) is 10.4 Å². The number of likely N-dealkylation sites (N-methyl/N-ethyl adjacent to an activating group) is 1. The molecule has 1 amide bonds. The third kappa shape index (κ3) is 2.10. The van der Waals surface area contributed by atoms with Gasteiger partial charge in [0.25, 0.3) is 5.91 Å². The molecule has 0 bridgehead atoms. The molecule has 1 aliphatic heterocycles. The molecule has 0 aliphatic carbocycles. The predicted octanol–water partition coefficient (Wildman–Crippen LogP) is 2.26. The van der Waals surface area contributed by atoms with Crippen LogP contribution in [0.2, 0.25) is 0 Å².